The predicted molar refractivity (Wildman–Crippen MR) is 87.2 cm³/mol. The van der Waals surface area contributed by atoms with Crippen LogP contribution in [0.1, 0.15) is 32.3 Å². The normalized spacial score (nSPS) is 19.7. The van der Waals surface area contributed by atoms with Crippen LogP contribution in [0, 0.1) is 12.8 Å². The number of nitrogens with one attached hydrogen (secondary N) is 1. The second kappa shape index (κ2) is 6.60. The Morgan fingerprint density at radius 2 is 2.10 bits per heavy atom. The van der Waals surface area contributed by atoms with Gasteiger partial charge < -0.3 is 10.2 Å². The number of hydrogen-bond donors (Lipinski definition) is 1. The Balaban J connectivity index is 2.32. The van der Waals surface area contributed by atoms with Crippen molar-refractivity contribution in [1.82, 2.24) is 5.32 Å². The number of benzene rings is 1. The van der Waals surface area contributed by atoms with Gasteiger partial charge in [0.1, 0.15) is 6.04 Å². The van der Waals surface area contributed by atoms with Gasteiger partial charge in [0.15, 0.2) is 0 Å². The molecule has 0 saturated carbocycles. The molecular formula is C16H21BrN2O2. The van der Waals surface area contributed by atoms with Gasteiger partial charge in [-0.3, -0.25) is 9.59 Å². The van der Waals surface area contributed by atoms with Crippen LogP contribution in [-0.2, 0) is 9.59 Å². The minimum absolute atomic E-state index is 0.0139. The van der Waals surface area contributed by atoms with Gasteiger partial charge in [0.2, 0.25) is 11.8 Å². The molecule has 1 aliphatic heterocycles. The Hall–Kier alpha value is -1.36. The van der Waals surface area contributed by atoms with E-state index in [0.29, 0.717) is 25.3 Å². The van der Waals surface area contributed by atoms with E-state index in [0.717, 1.165) is 15.7 Å². The third-order valence-electron chi connectivity index (χ3n) is 3.62. The molecule has 0 radical (unpaired) electrons. The summed E-state index contributed by atoms with van der Waals surface area (Å²) in [6, 6.07) is 5.41. The van der Waals surface area contributed by atoms with E-state index in [-0.39, 0.29) is 11.8 Å². The summed E-state index contributed by atoms with van der Waals surface area (Å²) in [6.45, 7) is 6.52. The largest absolute Gasteiger partial charge is 0.344 e. The van der Waals surface area contributed by atoms with Crippen LogP contribution >= 0.6 is 15.9 Å². The first kappa shape index (κ1) is 16.0. The first-order valence-corrected chi connectivity index (χ1v) is 8.04. The lowest BCUT2D eigenvalue weighted by Crippen LogP contribution is -2.45. The summed E-state index contributed by atoms with van der Waals surface area (Å²) < 4.78 is 0.985. The maximum atomic E-state index is 12.8. The molecule has 1 atom stereocenters. The lowest BCUT2D eigenvalue weighted by Gasteiger charge is -2.26. The van der Waals surface area contributed by atoms with Crippen LogP contribution in [0.25, 0.3) is 0 Å². The SMILES string of the molecule is Cc1cc(Br)ccc1N1CCC(=O)NC(CC(C)C)C1=O. The van der Waals surface area contributed by atoms with Crippen LogP contribution in [0.15, 0.2) is 22.7 Å². The first-order valence-electron chi connectivity index (χ1n) is 7.25. The standard InChI is InChI=1S/C16H21BrN2O2/c1-10(2)8-13-16(21)19(7-6-15(20)18-13)14-5-4-12(17)9-11(14)3/h4-5,9-10,13H,6-8H2,1-3H3,(H,18,20). The van der Waals surface area contributed by atoms with E-state index in [2.05, 4.69) is 35.1 Å². The molecule has 1 heterocycles. The molecule has 1 N–H and O–H groups in total. The average Bonchev–Trinajstić information content (AvgIpc) is 2.51. The monoisotopic (exact) mass is 352 g/mol. The van der Waals surface area contributed by atoms with Crippen LogP contribution in [-0.4, -0.2) is 24.4 Å². The molecule has 2 amide bonds. The maximum Gasteiger partial charge on any atom is 0.249 e. The molecule has 5 heteroatoms. The lowest BCUT2D eigenvalue weighted by molar-refractivity contribution is -0.125. The first-order chi connectivity index (χ1) is 9.88. The molecule has 0 spiro atoms. The van der Waals surface area contributed by atoms with Gasteiger partial charge in [0.05, 0.1) is 0 Å². The second-order valence-electron chi connectivity index (χ2n) is 5.92. The van der Waals surface area contributed by atoms with Gasteiger partial charge in [-0.1, -0.05) is 29.8 Å². The molecule has 1 aromatic rings. The summed E-state index contributed by atoms with van der Waals surface area (Å²) in [4.78, 5) is 26.3. The molecule has 1 aliphatic rings. The smallest absolute Gasteiger partial charge is 0.249 e. The summed E-state index contributed by atoms with van der Waals surface area (Å²) >= 11 is 3.44. The van der Waals surface area contributed by atoms with Crippen molar-refractivity contribution in [2.24, 2.45) is 5.92 Å². The molecule has 1 fully saturated rings. The lowest BCUT2D eigenvalue weighted by atomic mass is 10.0. The number of nitrogens with zero attached hydrogens (tertiary/aromatic N) is 1. The minimum Gasteiger partial charge on any atom is -0.344 e. The fraction of sp³-hybridized carbons (Fsp3) is 0.500. The molecule has 0 aliphatic carbocycles. The zero-order chi connectivity index (χ0) is 15.6. The molecular weight excluding hydrogens is 332 g/mol. The Morgan fingerprint density at radius 3 is 2.71 bits per heavy atom. The number of aryl methyl sites for hydroxylation is 1. The summed E-state index contributed by atoms with van der Waals surface area (Å²) in [6.07, 6.45) is 1.01. The fourth-order valence-corrected chi connectivity index (χ4v) is 3.11. The third kappa shape index (κ3) is 3.84. The minimum atomic E-state index is -0.428. The van der Waals surface area contributed by atoms with Crippen molar-refractivity contribution in [3.8, 4) is 0 Å². The third-order valence-corrected chi connectivity index (χ3v) is 4.11. The molecule has 0 aromatic heterocycles. The Morgan fingerprint density at radius 1 is 1.38 bits per heavy atom. The zero-order valence-corrected chi connectivity index (χ0v) is 14.2. The van der Waals surface area contributed by atoms with Crippen LogP contribution in [0.5, 0.6) is 0 Å². The molecule has 0 bridgehead atoms. The van der Waals surface area contributed by atoms with Gasteiger partial charge in [-0.05, 0) is 43.0 Å². The zero-order valence-electron chi connectivity index (χ0n) is 12.6. The van der Waals surface area contributed by atoms with E-state index < -0.39 is 6.04 Å². The number of hydrogen-bond acceptors (Lipinski definition) is 2. The highest BCUT2D eigenvalue weighted by Crippen LogP contribution is 2.26. The summed E-state index contributed by atoms with van der Waals surface area (Å²) in [5.41, 5.74) is 1.91. The van der Waals surface area contributed by atoms with Gasteiger partial charge in [-0.25, -0.2) is 0 Å². The highest BCUT2D eigenvalue weighted by Gasteiger charge is 2.31. The Bertz CT molecular complexity index is 557. The Labute approximate surface area is 134 Å². The molecule has 1 saturated heterocycles. The molecule has 1 aromatic carbocycles. The highest BCUT2D eigenvalue weighted by molar-refractivity contribution is 9.10. The summed E-state index contributed by atoms with van der Waals surface area (Å²) in [7, 11) is 0. The molecule has 4 nitrogen and oxygen atoms in total. The van der Waals surface area contributed by atoms with E-state index >= 15 is 0 Å². The second-order valence-corrected chi connectivity index (χ2v) is 6.84. The molecule has 2 rings (SSSR count). The summed E-state index contributed by atoms with van der Waals surface area (Å²) in [5.74, 6) is 0.288. The van der Waals surface area contributed by atoms with Gasteiger partial charge >= 0.3 is 0 Å². The quantitative estimate of drug-likeness (QED) is 0.908. The average molecular weight is 353 g/mol. The van der Waals surface area contributed by atoms with Crippen molar-refractivity contribution in [2.75, 3.05) is 11.4 Å². The predicted octanol–water partition coefficient (Wildman–Crippen LogP) is 3.03. The molecule has 114 valence electrons. The molecule has 21 heavy (non-hydrogen) atoms. The number of amides is 2. The topological polar surface area (TPSA) is 49.4 Å². The van der Waals surface area contributed by atoms with Crippen molar-refractivity contribution in [3.63, 3.8) is 0 Å². The van der Waals surface area contributed by atoms with Gasteiger partial charge in [-0.2, -0.15) is 0 Å². The highest BCUT2D eigenvalue weighted by atomic mass is 79.9. The van der Waals surface area contributed by atoms with Crippen molar-refractivity contribution >= 4 is 33.4 Å². The number of halogens is 1. The maximum absolute atomic E-state index is 12.8. The summed E-state index contributed by atoms with van der Waals surface area (Å²) in [5, 5.41) is 2.85. The van der Waals surface area contributed by atoms with E-state index in [9.17, 15) is 9.59 Å². The van der Waals surface area contributed by atoms with Crippen molar-refractivity contribution in [3.05, 3.63) is 28.2 Å². The van der Waals surface area contributed by atoms with Gasteiger partial charge in [0, 0.05) is 23.1 Å². The van der Waals surface area contributed by atoms with E-state index in [1.54, 1.807) is 4.90 Å². The van der Waals surface area contributed by atoms with E-state index in [1.165, 1.54) is 0 Å². The van der Waals surface area contributed by atoms with Crippen LogP contribution in [0.4, 0.5) is 5.69 Å². The number of carbonyl (C=O) groups excluding carboxylic acids is 2. The van der Waals surface area contributed by atoms with Crippen molar-refractivity contribution in [2.45, 2.75) is 39.7 Å². The number of anilines is 1. The van der Waals surface area contributed by atoms with Crippen LogP contribution in [0.3, 0.4) is 0 Å². The van der Waals surface area contributed by atoms with Crippen molar-refractivity contribution < 1.29 is 9.59 Å². The Kier molecular flexibility index (Phi) is 5.04. The van der Waals surface area contributed by atoms with E-state index in [4.69, 9.17) is 0 Å². The molecule has 1 unspecified atom stereocenters. The van der Waals surface area contributed by atoms with Crippen LogP contribution < -0.4 is 10.2 Å². The number of carbonyl (C=O) groups is 2. The van der Waals surface area contributed by atoms with E-state index in [1.807, 2.05) is 25.1 Å². The fourth-order valence-electron chi connectivity index (χ4n) is 2.63. The van der Waals surface area contributed by atoms with Crippen LogP contribution in [0.2, 0.25) is 0 Å². The van der Waals surface area contributed by atoms with Crippen molar-refractivity contribution in [1.29, 1.82) is 0 Å². The number of rotatable bonds is 3. The van der Waals surface area contributed by atoms with Gasteiger partial charge in [0.25, 0.3) is 0 Å². The van der Waals surface area contributed by atoms with Gasteiger partial charge in [-0.15, -0.1) is 0 Å².